The average Bonchev–Trinajstić information content (AvgIpc) is 2.83. The second-order valence-electron chi connectivity index (χ2n) is 8.13. The second-order valence-corrected chi connectivity index (χ2v) is 8.13. The Morgan fingerprint density at radius 2 is 1.59 bits per heavy atom. The van der Waals surface area contributed by atoms with Crippen LogP contribution in [-0.4, -0.2) is 15.5 Å². The summed E-state index contributed by atoms with van der Waals surface area (Å²) in [4.78, 5) is 36.8. The molecule has 0 atom stereocenters. The maximum atomic E-state index is 13.2. The average molecular weight is 457 g/mol. The molecule has 0 aliphatic rings. The molecule has 1 heterocycles. The number of urea groups is 1. The lowest BCUT2D eigenvalue weighted by atomic mass is 9.96. The molecule has 0 spiro atoms. The van der Waals surface area contributed by atoms with Crippen molar-refractivity contribution in [1.29, 1.82) is 0 Å². The van der Waals surface area contributed by atoms with E-state index in [-0.39, 0.29) is 17.8 Å². The van der Waals surface area contributed by atoms with E-state index < -0.39 is 11.0 Å². The SMILES string of the molecule is Cc1cc2c(-c3ccccc3)c(NC(=O)NCc3ccccc3[N+](=O)[O-])n(C)c(=O)c2cc1C. The van der Waals surface area contributed by atoms with Gasteiger partial charge in [-0.05, 0) is 42.0 Å². The van der Waals surface area contributed by atoms with Crippen LogP contribution in [0.2, 0.25) is 0 Å². The fourth-order valence-corrected chi connectivity index (χ4v) is 3.99. The van der Waals surface area contributed by atoms with Gasteiger partial charge >= 0.3 is 6.03 Å². The zero-order chi connectivity index (χ0) is 24.4. The Kier molecular flexibility index (Phi) is 6.14. The molecule has 0 unspecified atom stereocenters. The van der Waals surface area contributed by atoms with Crippen molar-refractivity contribution in [2.75, 3.05) is 5.32 Å². The van der Waals surface area contributed by atoms with Crippen molar-refractivity contribution in [2.45, 2.75) is 20.4 Å². The summed E-state index contributed by atoms with van der Waals surface area (Å²) in [6.07, 6.45) is 0. The number of rotatable bonds is 5. The zero-order valence-corrected chi connectivity index (χ0v) is 19.1. The second kappa shape index (κ2) is 9.19. The van der Waals surface area contributed by atoms with E-state index in [1.54, 1.807) is 25.2 Å². The Bertz CT molecular complexity index is 1480. The number of nitrogens with zero attached hydrogens (tertiary/aromatic N) is 2. The zero-order valence-electron chi connectivity index (χ0n) is 19.1. The fourth-order valence-electron chi connectivity index (χ4n) is 3.99. The number of carbonyl (C=O) groups is 1. The molecule has 2 amide bonds. The summed E-state index contributed by atoms with van der Waals surface area (Å²) in [5, 5.41) is 18.0. The Balaban J connectivity index is 1.77. The molecule has 4 rings (SSSR count). The number of aromatic nitrogens is 1. The molecule has 172 valence electrons. The van der Waals surface area contributed by atoms with E-state index in [9.17, 15) is 19.7 Å². The summed E-state index contributed by atoms with van der Waals surface area (Å²) in [5.41, 5.74) is 3.69. The Hall–Kier alpha value is -4.46. The van der Waals surface area contributed by atoms with Crippen molar-refractivity contribution in [3.05, 3.63) is 104 Å². The molecule has 1 aromatic heterocycles. The molecule has 0 bridgehead atoms. The van der Waals surface area contributed by atoms with Crippen LogP contribution >= 0.6 is 0 Å². The predicted octanol–water partition coefficient (Wildman–Crippen LogP) is 5.05. The lowest BCUT2D eigenvalue weighted by molar-refractivity contribution is -0.385. The number of nitro groups is 1. The van der Waals surface area contributed by atoms with Crippen LogP contribution in [0.15, 0.2) is 71.5 Å². The first kappa shape index (κ1) is 22.7. The lowest BCUT2D eigenvalue weighted by Crippen LogP contribution is -2.32. The first-order chi connectivity index (χ1) is 16.3. The normalized spacial score (nSPS) is 10.8. The van der Waals surface area contributed by atoms with Gasteiger partial charge in [-0.2, -0.15) is 0 Å². The standard InChI is InChI=1S/C26H24N4O4/c1-16-13-20-21(14-17(16)2)25(31)29(3)24(23(20)18-9-5-4-6-10-18)28-26(32)27-15-19-11-7-8-12-22(19)30(33)34/h4-14H,15H2,1-3H3,(H2,27,28,32). The number of hydrogen-bond acceptors (Lipinski definition) is 4. The van der Waals surface area contributed by atoms with Gasteiger partial charge in [0, 0.05) is 29.6 Å². The Labute approximate surface area is 196 Å². The van der Waals surface area contributed by atoms with Gasteiger partial charge in [-0.25, -0.2) is 4.79 Å². The maximum absolute atomic E-state index is 13.2. The van der Waals surface area contributed by atoms with Crippen LogP contribution in [0.5, 0.6) is 0 Å². The molecule has 34 heavy (non-hydrogen) atoms. The highest BCUT2D eigenvalue weighted by Gasteiger charge is 2.20. The smallest absolute Gasteiger partial charge is 0.320 e. The van der Waals surface area contributed by atoms with Crippen LogP contribution in [0.1, 0.15) is 16.7 Å². The van der Waals surface area contributed by atoms with E-state index in [0.717, 1.165) is 27.6 Å². The molecular formula is C26H24N4O4. The molecule has 0 aliphatic carbocycles. The minimum atomic E-state index is -0.575. The van der Waals surface area contributed by atoms with Crippen molar-refractivity contribution in [2.24, 2.45) is 7.05 Å². The van der Waals surface area contributed by atoms with Gasteiger partial charge in [0.15, 0.2) is 0 Å². The summed E-state index contributed by atoms with van der Waals surface area (Å²) in [6, 6.07) is 19.0. The van der Waals surface area contributed by atoms with Crippen molar-refractivity contribution in [1.82, 2.24) is 9.88 Å². The summed E-state index contributed by atoms with van der Waals surface area (Å²) < 4.78 is 1.42. The van der Waals surface area contributed by atoms with Crippen LogP contribution in [0.25, 0.3) is 21.9 Å². The van der Waals surface area contributed by atoms with Gasteiger partial charge in [-0.15, -0.1) is 0 Å². The number of para-hydroxylation sites is 1. The number of nitro benzene ring substituents is 1. The minimum Gasteiger partial charge on any atom is -0.333 e. The number of fused-ring (bicyclic) bond motifs is 1. The highest BCUT2D eigenvalue weighted by Crippen LogP contribution is 2.35. The van der Waals surface area contributed by atoms with Crippen LogP contribution in [-0.2, 0) is 13.6 Å². The molecule has 0 saturated carbocycles. The van der Waals surface area contributed by atoms with Crippen molar-refractivity contribution < 1.29 is 9.72 Å². The lowest BCUT2D eigenvalue weighted by Gasteiger charge is -2.19. The van der Waals surface area contributed by atoms with Crippen LogP contribution in [0, 0.1) is 24.0 Å². The Morgan fingerprint density at radius 3 is 2.26 bits per heavy atom. The first-order valence-electron chi connectivity index (χ1n) is 10.7. The van der Waals surface area contributed by atoms with Gasteiger partial charge in [0.1, 0.15) is 5.82 Å². The maximum Gasteiger partial charge on any atom is 0.320 e. The molecule has 8 nitrogen and oxygen atoms in total. The quantitative estimate of drug-likeness (QED) is 0.324. The molecule has 0 radical (unpaired) electrons. The van der Waals surface area contributed by atoms with Gasteiger partial charge in [-0.3, -0.25) is 24.8 Å². The highest BCUT2D eigenvalue weighted by molar-refractivity contribution is 6.05. The number of benzene rings is 3. The van der Waals surface area contributed by atoms with E-state index in [1.807, 2.05) is 56.3 Å². The molecule has 0 saturated heterocycles. The molecule has 4 aromatic rings. The van der Waals surface area contributed by atoms with E-state index in [0.29, 0.717) is 16.8 Å². The molecule has 8 heteroatoms. The molecule has 2 N–H and O–H groups in total. The van der Waals surface area contributed by atoms with Crippen molar-refractivity contribution in [3.63, 3.8) is 0 Å². The van der Waals surface area contributed by atoms with Crippen molar-refractivity contribution in [3.8, 4) is 11.1 Å². The number of aryl methyl sites for hydroxylation is 2. The summed E-state index contributed by atoms with van der Waals surface area (Å²) in [7, 11) is 1.61. The molecular weight excluding hydrogens is 432 g/mol. The number of anilines is 1. The first-order valence-corrected chi connectivity index (χ1v) is 10.7. The summed E-state index contributed by atoms with van der Waals surface area (Å²) >= 11 is 0. The largest absolute Gasteiger partial charge is 0.333 e. The van der Waals surface area contributed by atoms with Gasteiger partial charge in [0.05, 0.1) is 11.5 Å². The third-order valence-electron chi connectivity index (χ3n) is 5.93. The minimum absolute atomic E-state index is 0.0382. The van der Waals surface area contributed by atoms with Gasteiger partial charge < -0.3 is 5.32 Å². The van der Waals surface area contributed by atoms with Crippen LogP contribution in [0.4, 0.5) is 16.3 Å². The van der Waals surface area contributed by atoms with Gasteiger partial charge in [0.25, 0.3) is 11.2 Å². The number of hydrogen-bond donors (Lipinski definition) is 2. The third-order valence-corrected chi connectivity index (χ3v) is 5.93. The van der Waals surface area contributed by atoms with Crippen LogP contribution < -0.4 is 16.2 Å². The van der Waals surface area contributed by atoms with Gasteiger partial charge in [-0.1, -0.05) is 54.6 Å². The monoisotopic (exact) mass is 456 g/mol. The van der Waals surface area contributed by atoms with E-state index in [2.05, 4.69) is 10.6 Å². The summed E-state index contributed by atoms with van der Waals surface area (Å²) in [5.74, 6) is 0.340. The summed E-state index contributed by atoms with van der Waals surface area (Å²) in [6.45, 7) is 3.90. The molecule has 0 aliphatic heterocycles. The van der Waals surface area contributed by atoms with Crippen LogP contribution in [0.3, 0.4) is 0 Å². The van der Waals surface area contributed by atoms with E-state index in [1.165, 1.54) is 10.6 Å². The van der Waals surface area contributed by atoms with Crippen molar-refractivity contribution >= 4 is 28.3 Å². The molecule has 0 fully saturated rings. The fraction of sp³-hybridized carbons (Fsp3) is 0.154. The Morgan fingerprint density at radius 1 is 0.971 bits per heavy atom. The van der Waals surface area contributed by atoms with E-state index in [4.69, 9.17) is 0 Å². The molecule has 3 aromatic carbocycles. The number of carbonyl (C=O) groups excluding carboxylic acids is 1. The number of amides is 2. The third kappa shape index (κ3) is 4.25. The predicted molar refractivity (Wildman–Crippen MR) is 133 cm³/mol. The topological polar surface area (TPSA) is 106 Å². The number of pyridine rings is 1. The number of nitrogens with one attached hydrogen (secondary N) is 2. The highest BCUT2D eigenvalue weighted by atomic mass is 16.6. The van der Waals surface area contributed by atoms with E-state index >= 15 is 0 Å². The van der Waals surface area contributed by atoms with Gasteiger partial charge in [0.2, 0.25) is 0 Å².